The number of rotatable bonds is 1. The first-order valence-corrected chi connectivity index (χ1v) is 11.1. The second kappa shape index (κ2) is 4.76. The van der Waals surface area contributed by atoms with E-state index in [9.17, 15) is 29.2 Å². The van der Waals surface area contributed by atoms with Crippen molar-refractivity contribution in [2.24, 2.45) is 0 Å². The van der Waals surface area contributed by atoms with Crippen molar-refractivity contribution in [3.63, 3.8) is 0 Å². The van der Waals surface area contributed by atoms with Crippen molar-refractivity contribution in [3.8, 4) is 6.01 Å². The fourth-order valence-electron chi connectivity index (χ4n) is 3.81. The fourth-order valence-corrected chi connectivity index (χ4v) is 6.43. The number of anilines is 1. The molecular formula is C10H6FN5O13P2. The summed E-state index contributed by atoms with van der Waals surface area (Å²) in [5.41, 5.74) is -2.21. The molecule has 7 rings (SSSR count). The molecule has 0 aromatic carbocycles. The number of halogens is 1. The molecule has 0 amide bonds. The van der Waals surface area contributed by atoms with Crippen LogP contribution in [0.2, 0.25) is 0 Å². The second-order valence-electron chi connectivity index (χ2n) is 6.77. The first-order valence-electron chi connectivity index (χ1n) is 8.15. The molecule has 0 aliphatic carbocycles. The highest BCUT2D eigenvalue weighted by Gasteiger charge is 2.87. The lowest BCUT2D eigenvalue weighted by Gasteiger charge is -2.33. The van der Waals surface area contributed by atoms with Gasteiger partial charge >= 0.3 is 38.9 Å². The zero-order valence-electron chi connectivity index (χ0n) is 14.2. The van der Waals surface area contributed by atoms with E-state index < -0.39 is 74.6 Å². The number of hydrogen-bond acceptors (Lipinski definition) is 16. The third kappa shape index (κ3) is 1.75. The van der Waals surface area contributed by atoms with E-state index >= 15 is 4.39 Å². The molecule has 5 aliphatic rings. The first kappa shape index (κ1) is 18.4. The molecule has 6 atom stereocenters. The predicted molar refractivity (Wildman–Crippen MR) is 82.0 cm³/mol. The number of aromatic nitrogens is 4. The molecule has 166 valence electrons. The van der Waals surface area contributed by atoms with Crippen LogP contribution >= 0.6 is 15.6 Å². The summed E-state index contributed by atoms with van der Waals surface area (Å²) in [5, 5.41) is 30.9. The number of nitrogens with zero attached hydrogens (tertiary/aromatic N) is 5. The Balaban J connectivity index is 1.70. The normalized spacial score (nSPS) is 46.1. The summed E-state index contributed by atoms with van der Waals surface area (Å²) in [6, 6.07) is -0.894. The lowest BCUT2D eigenvalue weighted by Crippen LogP contribution is -2.61. The van der Waals surface area contributed by atoms with E-state index in [0.717, 1.165) is 0 Å². The van der Waals surface area contributed by atoms with Crippen LogP contribution in [0.1, 0.15) is 0 Å². The quantitative estimate of drug-likeness (QED) is 0.363. The molecule has 31 heavy (non-hydrogen) atoms. The van der Waals surface area contributed by atoms with Crippen molar-refractivity contribution in [3.05, 3.63) is 10.4 Å². The van der Waals surface area contributed by atoms with Crippen molar-refractivity contribution in [2.75, 3.05) is 11.8 Å². The van der Waals surface area contributed by atoms with E-state index in [2.05, 4.69) is 9.97 Å². The summed E-state index contributed by atoms with van der Waals surface area (Å²) in [6.45, 7) is -1.23. The van der Waals surface area contributed by atoms with Crippen LogP contribution in [-0.2, 0) is 38.1 Å². The third-order valence-electron chi connectivity index (χ3n) is 5.06. The highest BCUT2D eigenvalue weighted by Crippen LogP contribution is 2.74. The monoisotopic (exact) mass is 485 g/mol. The van der Waals surface area contributed by atoms with Crippen molar-refractivity contribution >= 4 is 32.8 Å². The number of phosphoric acid groups is 2. The summed E-state index contributed by atoms with van der Waals surface area (Å²) in [7, 11) is -9.92. The van der Waals surface area contributed by atoms with Crippen LogP contribution in [0.15, 0.2) is 4.79 Å². The molecule has 2 aromatic heterocycles. The van der Waals surface area contributed by atoms with Crippen LogP contribution < -0.4 is 19.9 Å². The molecule has 2 saturated heterocycles. The number of imidazole rings is 1. The largest absolute Gasteiger partial charge is 0.634 e. The molecule has 0 radical (unpaired) electrons. The Morgan fingerprint density at radius 2 is 1.87 bits per heavy atom. The summed E-state index contributed by atoms with van der Waals surface area (Å²) in [4.78, 5) is 19.8. The summed E-state index contributed by atoms with van der Waals surface area (Å²) in [5.74, 6) is -11.6. The SMILES string of the molecule is O=c1nc2n3c4c1nc1n4C45OC(CO)C(O)(F)C4(O)OP(=O)(ON2OP(=O)(O1)O3)O5. The van der Waals surface area contributed by atoms with Gasteiger partial charge in [-0.1, -0.05) is 5.23 Å². The molecule has 3 N–H and O–H groups in total. The van der Waals surface area contributed by atoms with Crippen molar-refractivity contribution in [2.45, 2.75) is 23.7 Å². The lowest BCUT2D eigenvalue weighted by atomic mass is 10.0. The van der Waals surface area contributed by atoms with Gasteiger partial charge in [0.2, 0.25) is 0 Å². The Bertz CT molecular complexity index is 1390. The van der Waals surface area contributed by atoms with Gasteiger partial charge in [-0.3, -0.25) is 9.42 Å². The number of ether oxygens (including phenoxy) is 1. The lowest BCUT2D eigenvalue weighted by molar-refractivity contribution is -0.358. The van der Waals surface area contributed by atoms with Gasteiger partial charge in [0, 0.05) is 0 Å². The topological polar surface area (TPSA) is 215 Å². The standard InChI is InChI=1S/C10H6FN5O13P2/c11-8(19)2(1-17)23-10-9(8,20)25-31(22,26-10)29-16-6-13-4(18)3-5-14(10)7(12-3)24-30(21,28-16)27-15(5)6/h2,17,19-20H,1H2. The molecule has 0 saturated carbocycles. The van der Waals surface area contributed by atoms with Crippen LogP contribution in [0, 0.1) is 0 Å². The van der Waals surface area contributed by atoms with Gasteiger partial charge in [0.15, 0.2) is 17.3 Å². The number of aliphatic hydroxyl groups is 3. The average Bonchev–Trinajstić information content (AvgIpc) is 3.15. The van der Waals surface area contributed by atoms with Crippen LogP contribution in [0.3, 0.4) is 0 Å². The minimum absolute atomic E-state index is 0.0242. The van der Waals surface area contributed by atoms with Crippen molar-refractivity contribution in [1.82, 2.24) is 19.3 Å². The van der Waals surface area contributed by atoms with Crippen LogP contribution in [-0.4, -0.2) is 58.9 Å². The van der Waals surface area contributed by atoms with Crippen LogP contribution in [0.4, 0.5) is 10.3 Å². The Kier molecular flexibility index (Phi) is 2.83. The number of hydrogen-bond donors (Lipinski definition) is 3. The number of alkyl halides is 1. The molecule has 2 aromatic rings. The second-order valence-corrected chi connectivity index (χ2v) is 9.60. The van der Waals surface area contributed by atoms with Crippen LogP contribution in [0.5, 0.6) is 6.01 Å². The zero-order chi connectivity index (χ0) is 21.8. The van der Waals surface area contributed by atoms with Gasteiger partial charge in [0.1, 0.15) is 0 Å². The summed E-state index contributed by atoms with van der Waals surface area (Å²) >= 11 is 0. The first-order chi connectivity index (χ1) is 14.5. The van der Waals surface area contributed by atoms with E-state index in [1.54, 1.807) is 0 Å². The average molecular weight is 485 g/mol. The smallest absolute Gasteiger partial charge is 0.393 e. The Hall–Kier alpha value is -2.18. The highest BCUT2D eigenvalue weighted by atomic mass is 31.2. The molecule has 6 unspecified atom stereocenters. The highest BCUT2D eigenvalue weighted by molar-refractivity contribution is 7.50. The molecule has 9 bridgehead atoms. The van der Waals surface area contributed by atoms with Gasteiger partial charge in [0.25, 0.3) is 11.8 Å². The maximum absolute atomic E-state index is 15.3. The Morgan fingerprint density at radius 3 is 2.61 bits per heavy atom. The number of aliphatic hydroxyl groups excluding tert-OH is 1. The zero-order valence-corrected chi connectivity index (χ0v) is 16.0. The Labute approximate surface area is 165 Å². The van der Waals surface area contributed by atoms with E-state index in [-0.39, 0.29) is 5.23 Å². The Morgan fingerprint density at radius 1 is 1.13 bits per heavy atom. The predicted octanol–water partition coefficient (Wildman–Crippen LogP) is -2.28. The summed E-state index contributed by atoms with van der Waals surface area (Å²) < 4.78 is 77.5. The summed E-state index contributed by atoms with van der Waals surface area (Å²) in [6.07, 6.45) is -2.25. The maximum atomic E-state index is 15.3. The van der Waals surface area contributed by atoms with Gasteiger partial charge in [-0.15, -0.1) is 14.0 Å². The molecule has 18 nitrogen and oxygen atoms in total. The molecular weight excluding hydrogens is 479 g/mol. The molecule has 21 heteroatoms. The van der Waals surface area contributed by atoms with Crippen molar-refractivity contribution < 1.29 is 61.0 Å². The molecule has 1 spiro atoms. The van der Waals surface area contributed by atoms with Gasteiger partial charge in [-0.25, -0.2) is 27.1 Å². The molecule has 5 aliphatic heterocycles. The van der Waals surface area contributed by atoms with E-state index in [4.69, 9.17) is 32.2 Å². The fraction of sp³-hybridized carbons (Fsp3) is 0.500. The van der Waals surface area contributed by atoms with Gasteiger partial charge in [-0.2, -0.15) is 9.97 Å². The van der Waals surface area contributed by atoms with Crippen molar-refractivity contribution in [1.29, 1.82) is 0 Å². The van der Waals surface area contributed by atoms with Gasteiger partial charge in [-0.05, 0) is 0 Å². The number of fused-ring (bicyclic) bond motifs is 2. The van der Waals surface area contributed by atoms with E-state index in [1.807, 2.05) is 0 Å². The number of phosphoric ester groups is 1. The third-order valence-corrected chi connectivity index (χ3v) is 7.46. The minimum atomic E-state index is -5.22. The van der Waals surface area contributed by atoms with E-state index in [1.165, 1.54) is 0 Å². The van der Waals surface area contributed by atoms with E-state index in [0.29, 0.717) is 9.30 Å². The van der Waals surface area contributed by atoms with Crippen LogP contribution in [0.25, 0.3) is 11.2 Å². The molecule has 7 heterocycles. The minimum Gasteiger partial charge on any atom is -0.393 e. The van der Waals surface area contributed by atoms with Gasteiger partial charge in [0.05, 0.1) is 6.61 Å². The molecule has 2 fully saturated rings. The maximum Gasteiger partial charge on any atom is 0.634 e. The van der Waals surface area contributed by atoms with Gasteiger partial charge < -0.3 is 24.6 Å².